The number of nitrogens with one attached hydrogen (secondary N) is 1. The number of carbonyl (C=O) groups excluding carboxylic acids is 2. The standard InChI is InChI=1S/C18H22N2O4S2/c1-11-10-16(13(3)25-11)17(21)8-9-18(22)20-12(2)14-4-6-15(7-5-14)26(19,23)24/h4-7,10,12H,8-9H2,1-3H3,(H,20,22)(H2,19,23,24)/t12-/m1/s1. The molecule has 8 heteroatoms. The minimum absolute atomic E-state index is 0.0202. The van der Waals surface area contributed by atoms with Gasteiger partial charge in [-0.15, -0.1) is 11.3 Å². The summed E-state index contributed by atoms with van der Waals surface area (Å²) in [5.41, 5.74) is 1.44. The van der Waals surface area contributed by atoms with Crippen molar-refractivity contribution in [2.75, 3.05) is 0 Å². The summed E-state index contributed by atoms with van der Waals surface area (Å²) in [6, 6.07) is 7.56. The van der Waals surface area contributed by atoms with Gasteiger partial charge in [-0.2, -0.15) is 0 Å². The van der Waals surface area contributed by atoms with Gasteiger partial charge in [0.2, 0.25) is 15.9 Å². The molecule has 0 bridgehead atoms. The lowest BCUT2D eigenvalue weighted by molar-refractivity contribution is -0.121. The van der Waals surface area contributed by atoms with E-state index in [9.17, 15) is 18.0 Å². The quantitative estimate of drug-likeness (QED) is 0.704. The van der Waals surface area contributed by atoms with Gasteiger partial charge >= 0.3 is 0 Å². The Bertz CT molecular complexity index is 915. The number of thiophene rings is 1. The molecule has 0 spiro atoms. The molecule has 0 unspecified atom stereocenters. The van der Waals surface area contributed by atoms with E-state index in [2.05, 4.69) is 5.32 Å². The SMILES string of the molecule is Cc1cc(C(=O)CCC(=O)N[C@H](C)c2ccc(S(N)(=O)=O)cc2)c(C)s1. The van der Waals surface area contributed by atoms with Crippen LogP contribution in [0.2, 0.25) is 0 Å². The van der Waals surface area contributed by atoms with Crippen molar-refractivity contribution in [1.82, 2.24) is 5.32 Å². The van der Waals surface area contributed by atoms with E-state index < -0.39 is 10.0 Å². The predicted octanol–water partition coefficient (Wildman–Crippen LogP) is 2.85. The number of hydrogen-bond donors (Lipinski definition) is 2. The zero-order valence-corrected chi connectivity index (χ0v) is 16.5. The number of aryl methyl sites for hydroxylation is 2. The lowest BCUT2D eigenvalue weighted by atomic mass is 10.1. The monoisotopic (exact) mass is 394 g/mol. The number of amides is 1. The molecule has 1 aromatic carbocycles. The molecular weight excluding hydrogens is 372 g/mol. The summed E-state index contributed by atoms with van der Waals surface area (Å²) in [4.78, 5) is 26.4. The van der Waals surface area contributed by atoms with Crippen molar-refractivity contribution in [3.63, 3.8) is 0 Å². The van der Waals surface area contributed by atoms with E-state index in [1.165, 1.54) is 12.1 Å². The first-order valence-corrected chi connectivity index (χ1v) is 10.5. The van der Waals surface area contributed by atoms with E-state index in [1.54, 1.807) is 30.4 Å². The second kappa shape index (κ2) is 8.11. The van der Waals surface area contributed by atoms with E-state index in [-0.39, 0.29) is 35.5 Å². The number of carbonyl (C=O) groups is 2. The highest BCUT2D eigenvalue weighted by atomic mass is 32.2. The Hall–Kier alpha value is -2.03. The molecule has 6 nitrogen and oxygen atoms in total. The Morgan fingerprint density at radius 3 is 2.27 bits per heavy atom. The average molecular weight is 395 g/mol. The summed E-state index contributed by atoms with van der Waals surface area (Å²) in [5.74, 6) is -0.266. The molecule has 1 atom stereocenters. The van der Waals surface area contributed by atoms with Crippen LogP contribution in [0.4, 0.5) is 0 Å². The van der Waals surface area contributed by atoms with Gasteiger partial charge in [-0.05, 0) is 44.5 Å². The van der Waals surface area contributed by atoms with Crippen LogP contribution >= 0.6 is 11.3 Å². The highest BCUT2D eigenvalue weighted by Crippen LogP contribution is 2.22. The van der Waals surface area contributed by atoms with Gasteiger partial charge in [0.15, 0.2) is 5.78 Å². The van der Waals surface area contributed by atoms with Crippen LogP contribution in [0.25, 0.3) is 0 Å². The third-order valence-corrected chi connectivity index (χ3v) is 5.90. The number of benzene rings is 1. The van der Waals surface area contributed by atoms with Gasteiger partial charge in [0.25, 0.3) is 0 Å². The third kappa shape index (κ3) is 5.23. The Labute approximate surface area is 157 Å². The molecule has 140 valence electrons. The minimum atomic E-state index is -3.74. The maximum atomic E-state index is 12.2. The van der Waals surface area contributed by atoms with E-state index >= 15 is 0 Å². The molecule has 0 fully saturated rings. The van der Waals surface area contributed by atoms with Crippen molar-refractivity contribution in [2.45, 2.75) is 44.6 Å². The van der Waals surface area contributed by atoms with Gasteiger partial charge in [-0.1, -0.05) is 12.1 Å². The average Bonchev–Trinajstić information content (AvgIpc) is 2.90. The lowest BCUT2D eigenvalue weighted by Crippen LogP contribution is -2.27. The van der Waals surface area contributed by atoms with Gasteiger partial charge in [0.05, 0.1) is 10.9 Å². The molecule has 1 amide bonds. The number of rotatable bonds is 7. The van der Waals surface area contributed by atoms with Crippen LogP contribution in [-0.4, -0.2) is 20.1 Å². The van der Waals surface area contributed by atoms with Crippen molar-refractivity contribution in [1.29, 1.82) is 0 Å². The second-order valence-corrected chi connectivity index (χ2v) is 9.18. The fourth-order valence-electron chi connectivity index (χ4n) is 2.61. The van der Waals surface area contributed by atoms with Crippen molar-refractivity contribution < 1.29 is 18.0 Å². The second-order valence-electron chi connectivity index (χ2n) is 6.15. The molecule has 0 aliphatic carbocycles. The highest BCUT2D eigenvalue weighted by molar-refractivity contribution is 7.89. The lowest BCUT2D eigenvalue weighted by Gasteiger charge is -2.14. The Balaban J connectivity index is 1.91. The Morgan fingerprint density at radius 1 is 1.15 bits per heavy atom. The molecular formula is C18H22N2O4S2. The fraction of sp³-hybridized carbons (Fsp3) is 0.333. The normalized spacial score (nSPS) is 12.6. The smallest absolute Gasteiger partial charge is 0.238 e. The number of primary sulfonamides is 1. The van der Waals surface area contributed by atoms with Crippen molar-refractivity contribution in [2.24, 2.45) is 5.14 Å². The summed E-state index contributed by atoms with van der Waals surface area (Å²) < 4.78 is 22.5. The molecule has 0 saturated carbocycles. The molecule has 1 aromatic heterocycles. The van der Waals surface area contributed by atoms with Crippen molar-refractivity contribution >= 4 is 33.1 Å². The van der Waals surface area contributed by atoms with Crippen molar-refractivity contribution in [3.8, 4) is 0 Å². The summed E-state index contributed by atoms with van der Waals surface area (Å²) in [7, 11) is -3.74. The van der Waals surface area contributed by atoms with E-state index in [0.717, 1.165) is 15.3 Å². The molecule has 0 aliphatic rings. The van der Waals surface area contributed by atoms with Crippen LogP contribution in [0.3, 0.4) is 0 Å². The van der Waals surface area contributed by atoms with Crippen LogP contribution in [0.1, 0.15) is 51.5 Å². The molecule has 0 saturated heterocycles. The number of Topliss-reactive ketones (excluding diaryl/α,β-unsaturated/α-hetero) is 1. The minimum Gasteiger partial charge on any atom is -0.350 e. The van der Waals surface area contributed by atoms with E-state index in [0.29, 0.717) is 5.56 Å². The van der Waals surface area contributed by atoms with E-state index in [4.69, 9.17) is 5.14 Å². The Kier molecular flexibility index (Phi) is 6.33. The fourth-order valence-corrected chi connectivity index (χ4v) is 4.07. The highest BCUT2D eigenvalue weighted by Gasteiger charge is 2.16. The van der Waals surface area contributed by atoms with Gasteiger partial charge in [-0.25, -0.2) is 13.6 Å². The molecule has 3 N–H and O–H groups in total. The van der Waals surface area contributed by atoms with Crippen LogP contribution in [0, 0.1) is 13.8 Å². The first kappa shape index (κ1) is 20.3. The third-order valence-electron chi connectivity index (χ3n) is 4.01. The number of sulfonamides is 1. The van der Waals surface area contributed by atoms with Gasteiger partial charge < -0.3 is 5.32 Å². The zero-order valence-electron chi connectivity index (χ0n) is 14.9. The van der Waals surface area contributed by atoms with Crippen LogP contribution in [0.15, 0.2) is 35.2 Å². The van der Waals surface area contributed by atoms with Gasteiger partial charge in [0.1, 0.15) is 0 Å². The molecule has 2 rings (SSSR count). The number of hydrogen-bond acceptors (Lipinski definition) is 5. The summed E-state index contributed by atoms with van der Waals surface area (Å²) in [5, 5.41) is 7.87. The molecule has 1 heterocycles. The maximum absolute atomic E-state index is 12.2. The summed E-state index contributed by atoms with van der Waals surface area (Å²) >= 11 is 1.57. The maximum Gasteiger partial charge on any atom is 0.238 e. The van der Waals surface area contributed by atoms with Crippen LogP contribution in [0.5, 0.6) is 0 Å². The number of nitrogens with two attached hydrogens (primary N) is 1. The zero-order chi connectivity index (χ0) is 19.5. The molecule has 0 radical (unpaired) electrons. The van der Waals surface area contributed by atoms with Crippen molar-refractivity contribution in [3.05, 3.63) is 51.2 Å². The van der Waals surface area contributed by atoms with Crippen LogP contribution < -0.4 is 10.5 Å². The molecule has 26 heavy (non-hydrogen) atoms. The van der Waals surface area contributed by atoms with Crippen LogP contribution in [-0.2, 0) is 14.8 Å². The molecule has 2 aromatic rings. The summed E-state index contributed by atoms with van der Waals surface area (Å²) in [6.07, 6.45) is 0.257. The Morgan fingerprint density at radius 2 is 1.77 bits per heavy atom. The topological polar surface area (TPSA) is 106 Å². The van der Waals surface area contributed by atoms with Gasteiger partial charge in [-0.3, -0.25) is 9.59 Å². The first-order chi connectivity index (χ1) is 12.1. The largest absolute Gasteiger partial charge is 0.350 e. The van der Waals surface area contributed by atoms with E-state index in [1.807, 2.05) is 19.9 Å². The predicted molar refractivity (Wildman–Crippen MR) is 102 cm³/mol. The molecule has 0 aliphatic heterocycles. The summed E-state index contributed by atoms with van der Waals surface area (Å²) in [6.45, 7) is 5.64. The first-order valence-electron chi connectivity index (χ1n) is 8.10. The number of ketones is 1. The van der Waals surface area contributed by atoms with Gasteiger partial charge in [0, 0.05) is 28.2 Å².